The number of hydrogen-bond acceptors (Lipinski definition) is 4. The van der Waals surface area contributed by atoms with Crippen LogP contribution in [-0.2, 0) is 16.0 Å². The molecule has 1 aliphatic carbocycles. The molecule has 6 heteroatoms. The highest BCUT2D eigenvalue weighted by atomic mass is 16.5. The van der Waals surface area contributed by atoms with Gasteiger partial charge in [0.1, 0.15) is 0 Å². The van der Waals surface area contributed by atoms with Crippen molar-refractivity contribution in [1.29, 1.82) is 0 Å². The van der Waals surface area contributed by atoms with Crippen LogP contribution in [0.1, 0.15) is 67.3 Å². The lowest BCUT2D eigenvalue weighted by molar-refractivity contribution is -0.135. The van der Waals surface area contributed by atoms with E-state index in [0.717, 1.165) is 56.9 Å². The van der Waals surface area contributed by atoms with Crippen LogP contribution in [0.4, 0.5) is 0 Å². The normalized spacial score (nSPS) is 28.8. The zero-order valence-corrected chi connectivity index (χ0v) is 17.7. The number of hydrazone groups is 1. The summed E-state index contributed by atoms with van der Waals surface area (Å²) >= 11 is 0. The van der Waals surface area contributed by atoms with Gasteiger partial charge >= 0.3 is 5.97 Å². The van der Waals surface area contributed by atoms with Gasteiger partial charge in [-0.3, -0.25) is 4.79 Å². The molecular weight excluding hydrogens is 380 g/mol. The van der Waals surface area contributed by atoms with Crippen molar-refractivity contribution in [3.05, 3.63) is 35.4 Å². The van der Waals surface area contributed by atoms with Crippen molar-refractivity contribution >= 4 is 18.1 Å². The van der Waals surface area contributed by atoms with Crippen molar-refractivity contribution in [2.75, 3.05) is 7.05 Å². The predicted octanol–water partition coefficient (Wildman–Crippen LogP) is 4.14. The monoisotopic (exact) mass is 412 g/mol. The topological polar surface area (TPSA) is 79.2 Å². The predicted molar refractivity (Wildman–Crippen MR) is 114 cm³/mol. The van der Waals surface area contributed by atoms with Gasteiger partial charge in [0.05, 0.1) is 17.8 Å². The average molecular weight is 413 g/mol. The number of aromatic carboxylic acids is 1. The zero-order chi connectivity index (χ0) is 21.1. The molecule has 2 saturated heterocycles. The number of carboxylic acids is 1. The maximum atomic E-state index is 12.7. The first kappa shape index (κ1) is 21.0. The van der Waals surface area contributed by atoms with Crippen LogP contribution in [0.25, 0.3) is 0 Å². The molecule has 0 radical (unpaired) electrons. The zero-order valence-electron chi connectivity index (χ0n) is 17.7. The molecule has 3 fully saturated rings. The van der Waals surface area contributed by atoms with Crippen LogP contribution in [-0.4, -0.2) is 47.5 Å². The molecule has 6 nitrogen and oxygen atoms in total. The number of carboxylic acid groups (broad SMARTS) is 1. The number of carbonyl (C=O) groups excluding carboxylic acids is 1. The molecule has 2 bridgehead atoms. The Labute approximate surface area is 178 Å². The van der Waals surface area contributed by atoms with E-state index >= 15 is 0 Å². The number of amides is 1. The summed E-state index contributed by atoms with van der Waals surface area (Å²) < 4.78 is 6.17. The molecule has 4 rings (SSSR count). The van der Waals surface area contributed by atoms with Gasteiger partial charge in [0.15, 0.2) is 0 Å². The Balaban J connectivity index is 1.36. The Hall–Kier alpha value is -2.21. The molecule has 0 aromatic heterocycles. The molecule has 2 aliphatic heterocycles. The Morgan fingerprint density at radius 3 is 2.50 bits per heavy atom. The van der Waals surface area contributed by atoms with Crippen molar-refractivity contribution in [1.82, 2.24) is 5.01 Å². The van der Waals surface area contributed by atoms with E-state index in [4.69, 9.17) is 9.84 Å². The van der Waals surface area contributed by atoms with Crippen molar-refractivity contribution < 1.29 is 19.4 Å². The van der Waals surface area contributed by atoms with Gasteiger partial charge in [-0.05, 0) is 62.1 Å². The average Bonchev–Trinajstić information content (AvgIpc) is 3.38. The highest BCUT2D eigenvalue weighted by Crippen LogP contribution is 2.44. The van der Waals surface area contributed by atoms with Crippen LogP contribution < -0.4 is 0 Å². The summed E-state index contributed by atoms with van der Waals surface area (Å²) in [5.74, 6) is 0.00606. The molecule has 0 spiro atoms. The molecule has 30 heavy (non-hydrogen) atoms. The van der Waals surface area contributed by atoms with Crippen LogP contribution in [0.5, 0.6) is 0 Å². The maximum absolute atomic E-state index is 12.7. The van der Waals surface area contributed by atoms with E-state index in [1.807, 2.05) is 18.3 Å². The van der Waals surface area contributed by atoms with Crippen molar-refractivity contribution in [3.8, 4) is 0 Å². The Morgan fingerprint density at radius 2 is 1.80 bits per heavy atom. The summed E-state index contributed by atoms with van der Waals surface area (Å²) in [7, 11) is 1.78. The smallest absolute Gasteiger partial charge is 0.335 e. The molecule has 4 atom stereocenters. The number of rotatable bonds is 7. The van der Waals surface area contributed by atoms with Crippen LogP contribution in [0, 0.1) is 17.8 Å². The summed E-state index contributed by atoms with van der Waals surface area (Å²) in [6.07, 6.45) is 11.9. The summed E-state index contributed by atoms with van der Waals surface area (Å²) in [6, 6.07) is 7.13. The minimum Gasteiger partial charge on any atom is -0.478 e. The Bertz CT molecular complexity index is 785. The van der Waals surface area contributed by atoms with Gasteiger partial charge in [-0.2, -0.15) is 5.10 Å². The first-order valence-electron chi connectivity index (χ1n) is 11.3. The number of ether oxygens (including phenoxy) is 1. The van der Waals surface area contributed by atoms with E-state index in [-0.39, 0.29) is 30.0 Å². The van der Waals surface area contributed by atoms with E-state index < -0.39 is 5.97 Å². The molecule has 2 heterocycles. The van der Waals surface area contributed by atoms with Gasteiger partial charge in [0.25, 0.3) is 0 Å². The van der Waals surface area contributed by atoms with E-state index in [1.54, 1.807) is 24.2 Å². The molecule has 3 aliphatic rings. The number of benzene rings is 1. The highest BCUT2D eigenvalue weighted by molar-refractivity contribution is 5.87. The van der Waals surface area contributed by atoms with Crippen LogP contribution in [0.3, 0.4) is 0 Å². The third-order valence-electron chi connectivity index (χ3n) is 7.14. The van der Waals surface area contributed by atoms with Crippen LogP contribution in [0.2, 0.25) is 0 Å². The molecule has 162 valence electrons. The second kappa shape index (κ2) is 9.29. The molecule has 1 aromatic rings. The standard InChI is InChI=1S/C24H32N2O4/c1-26(23(27)17-5-3-2-4-6-17)25-15-20-19(21-13-14-22(20)30-21)12-9-16-7-10-18(11-8-16)24(28)29/h7-8,10-11,15,17,19-22H,2-6,9,12-14H2,1H3,(H,28,29)/t19-,20+,21-,22+/m1/s1. The number of fused-ring (bicyclic) bond motifs is 2. The minimum absolute atomic E-state index is 0.127. The van der Waals surface area contributed by atoms with Crippen molar-refractivity contribution in [2.45, 2.75) is 70.0 Å². The summed E-state index contributed by atoms with van der Waals surface area (Å²) in [4.78, 5) is 23.7. The number of aryl methyl sites for hydroxylation is 1. The molecule has 0 unspecified atom stereocenters. The largest absolute Gasteiger partial charge is 0.478 e. The number of nitrogens with zero attached hydrogens (tertiary/aromatic N) is 2. The number of carbonyl (C=O) groups is 2. The molecule has 1 N–H and O–H groups in total. The maximum Gasteiger partial charge on any atom is 0.335 e. The fourth-order valence-electron chi connectivity index (χ4n) is 5.39. The van der Waals surface area contributed by atoms with E-state index in [2.05, 4.69) is 5.10 Å². The second-order valence-electron chi connectivity index (χ2n) is 9.03. The van der Waals surface area contributed by atoms with Crippen LogP contribution in [0.15, 0.2) is 29.4 Å². The van der Waals surface area contributed by atoms with E-state index in [1.165, 1.54) is 6.42 Å². The fraction of sp³-hybridized carbons (Fsp3) is 0.625. The van der Waals surface area contributed by atoms with Gasteiger partial charge in [0, 0.05) is 25.1 Å². The molecule has 1 amide bonds. The quantitative estimate of drug-likeness (QED) is 0.539. The van der Waals surface area contributed by atoms with Crippen LogP contribution >= 0.6 is 0 Å². The third-order valence-corrected chi connectivity index (χ3v) is 7.14. The first-order valence-corrected chi connectivity index (χ1v) is 11.3. The third kappa shape index (κ3) is 4.59. The minimum atomic E-state index is -0.897. The van der Waals surface area contributed by atoms with Gasteiger partial charge < -0.3 is 9.84 Å². The summed E-state index contributed by atoms with van der Waals surface area (Å²) in [6.45, 7) is 0. The van der Waals surface area contributed by atoms with Gasteiger partial charge in [-0.15, -0.1) is 0 Å². The lowest BCUT2D eigenvalue weighted by Gasteiger charge is -2.26. The van der Waals surface area contributed by atoms with E-state index in [9.17, 15) is 9.59 Å². The number of hydrogen-bond donors (Lipinski definition) is 1. The van der Waals surface area contributed by atoms with Crippen molar-refractivity contribution in [2.24, 2.45) is 22.9 Å². The molecular formula is C24H32N2O4. The second-order valence-corrected chi connectivity index (χ2v) is 9.03. The fourth-order valence-corrected chi connectivity index (χ4v) is 5.39. The molecule has 1 aromatic carbocycles. The first-order chi connectivity index (χ1) is 14.5. The summed E-state index contributed by atoms with van der Waals surface area (Å²) in [5.41, 5.74) is 1.46. The molecule has 1 saturated carbocycles. The van der Waals surface area contributed by atoms with E-state index in [0.29, 0.717) is 11.5 Å². The Kier molecular flexibility index (Phi) is 6.52. The van der Waals surface area contributed by atoms with Gasteiger partial charge in [0.2, 0.25) is 5.91 Å². The lowest BCUT2D eigenvalue weighted by Crippen LogP contribution is -2.33. The lowest BCUT2D eigenvalue weighted by atomic mass is 9.77. The highest BCUT2D eigenvalue weighted by Gasteiger charge is 2.47. The van der Waals surface area contributed by atoms with Gasteiger partial charge in [-0.1, -0.05) is 31.4 Å². The SMILES string of the molecule is CN(N=C[C@H]1[C@@H](CCc2ccc(C(=O)O)cc2)[C@H]2CC[C@@H]1O2)C(=O)C1CCCCC1. The van der Waals surface area contributed by atoms with Gasteiger partial charge in [-0.25, -0.2) is 9.80 Å². The Morgan fingerprint density at radius 1 is 1.10 bits per heavy atom. The van der Waals surface area contributed by atoms with Crippen molar-refractivity contribution in [3.63, 3.8) is 0 Å². The summed E-state index contributed by atoms with van der Waals surface area (Å²) in [5, 5.41) is 15.1.